The summed E-state index contributed by atoms with van der Waals surface area (Å²) in [4.78, 5) is 12.0. The number of carbonyl (C=O) groups is 1. The van der Waals surface area contributed by atoms with Crippen molar-refractivity contribution in [1.29, 1.82) is 0 Å². The molecule has 0 radical (unpaired) electrons. The SMILES string of the molecule is CS(=O)(=O)c1ccccc1NC(=O)CC1(N)CCC1. The van der Waals surface area contributed by atoms with E-state index in [2.05, 4.69) is 5.32 Å². The van der Waals surface area contributed by atoms with E-state index in [0.29, 0.717) is 5.69 Å². The topological polar surface area (TPSA) is 89.3 Å². The molecule has 1 fully saturated rings. The predicted octanol–water partition coefficient (Wildman–Crippen LogP) is 1.30. The highest BCUT2D eigenvalue weighted by atomic mass is 32.2. The first kappa shape index (κ1) is 14.0. The molecule has 0 spiro atoms. The normalized spacial score (nSPS) is 17.6. The van der Waals surface area contributed by atoms with Crippen molar-refractivity contribution in [3.63, 3.8) is 0 Å². The van der Waals surface area contributed by atoms with E-state index in [9.17, 15) is 13.2 Å². The number of benzene rings is 1. The van der Waals surface area contributed by atoms with Crippen molar-refractivity contribution in [3.05, 3.63) is 24.3 Å². The molecular weight excluding hydrogens is 264 g/mol. The van der Waals surface area contributed by atoms with Gasteiger partial charge in [0.1, 0.15) is 0 Å². The molecule has 0 aliphatic heterocycles. The van der Waals surface area contributed by atoms with Gasteiger partial charge in [-0.1, -0.05) is 12.1 Å². The third-order valence-electron chi connectivity index (χ3n) is 3.42. The lowest BCUT2D eigenvalue weighted by Gasteiger charge is -2.37. The first-order chi connectivity index (χ1) is 8.80. The van der Waals surface area contributed by atoms with Gasteiger partial charge < -0.3 is 11.1 Å². The lowest BCUT2D eigenvalue weighted by molar-refractivity contribution is -0.118. The number of carbonyl (C=O) groups excluding carboxylic acids is 1. The second kappa shape index (κ2) is 4.94. The van der Waals surface area contributed by atoms with E-state index >= 15 is 0 Å². The minimum Gasteiger partial charge on any atom is -0.325 e. The van der Waals surface area contributed by atoms with Crippen LogP contribution in [0.3, 0.4) is 0 Å². The highest BCUT2D eigenvalue weighted by Gasteiger charge is 2.34. The molecular formula is C13H18N2O3S. The molecule has 0 bridgehead atoms. The Hall–Kier alpha value is -1.40. The average molecular weight is 282 g/mol. The van der Waals surface area contributed by atoms with Crippen LogP contribution in [-0.2, 0) is 14.6 Å². The fraction of sp³-hybridized carbons (Fsp3) is 0.462. The van der Waals surface area contributed by atoms with Crippen LogP contribution in [0.4, 0.5) is 5.69 Å². The van der Waals surface area contributed by atoms with Crippen molar-refractivity contribution in [3.8, 4) is 0 Å². The number of rotatable bonds is 4. The number of hydrogen-bond donors (Lipinski definition) is 2. The summed E-state index contributed by atoms with van der Waals surface area (Å²) in [6, 6.07) is 6.37. The van der Waals surface area contributed by atoms with Crippen LogP contribution < -0.4 is 11.1 Å². The van der Waals surface area contributed by atoms with E-state index in [1.54, 1.807) is 18.2 Å². The molecule has 1 aromatic carbocycles. The minimum absolute atomic E-state index is 0.128. The molecule has 1 saturated carbocycles. The Morgan fingerprint density at radius 2 is 2.00 bits per heavy atom. The Kier molecular flexibility index (Phi) is 3.64. The largest absolute Gasteiger partial charge is 0.325 e. The molecule has 2 rings (SSSR count). The summed E-state index contributed by atoms with van der Waals surface area (Å²) in [5.74, 6) is -0.238. The van der Waals surface area contributed by atoms with E-state index in [-0.39, 0.29) is 17.2 Å². The zero-order chi connectivity index (χ0) is 14.1. The molecule has 1 aliphatic rings. The standard InChI is InChI=1S/C13H18N2O3S/c1-19(17,18)11-6-3-2-5-10(11)15-12(16)9-13(14)7-4-8-13/h2-3,5-6H,4,7-9,14H2,1H3,(H,15,16). The summed E-state index contributed by atoms with van der Waals surface area (Å²) in [6.07, 6.45) is 4.07. The van der Waals surface area contributed by atoms with Gasteiger partial charge >= 0.3 is 0 Å². The first-order valence-corrected chi connectivity index (χ1v) is 8.07. The maximum absolute atomic E-state index is 11.9. The molecule has 6 heteroatoms. The number of nitrogens with one attached hydrogen (secondary N) is 1. The molecule has 0 atom stereocenters. The van der Waals surface area contributed by atoms with Crippen LogP contribution in [0.15, 0.2) is 29.2 Å². The van der Waals surface area contributed by atoms with Gasteiger partial charge in [0.2, 0.25) is 5.91 Å². The zero-order valence-electron chi connectivity index (χ0n) is 10.8. The fourth-order valence-corrected chi connectivity index (χ4v) is 3.06. The third kappa shape index (κ3) is 3.33. The quantitative estimate of drug-likeness (QED) is 0.871. The Labute approximate surface area is 113 Å². The number of amides is 1. The van der Waals surface area contributed by atoms with E-state index in [1.807, 2.05) is 0 Å². The van der Waals surface area contributed by atoms with Gasteiger partial charge in [0.25, 0.3) is 0 Å². The van der Waals surface area contributed by atoms with Gasteiger partial charge in [-0.3, -0.25) is 4.79 Å². The maximum Gasteiger partial charge on any atom is 0.226 e. The number of anilines is 1. The highest BCUT2D eigenvalue weighted by molar-refractivity contribution is 7.90. The summed E-state index contributed by atoms with van der Waals surface area (Å²) in [5, 5.41) is 2.64. The Balaban J connectivity index is 2.13. The summed E-state index contributed by atoms with van der Waals surface area (Å²) in [6.45, 7) is 0. The number of nitrogens with two attached hydrogens (primary N) is 1. The highest BCUT2D eigenvalue weighted by Crippen LogP contribution is 2.32. The number of sulfone groups is 1. The minimum atomic E-state index is -3.36. The Morgan fingerprint density at radius 3 is 2.53 bits per heavy atom. The smallest absolute Gasteiger partial charge is 0.226 e. The molecule has 5 nitrogen and oxygen atoms in total. The van der Waals surface area contributed by atoms with Crippen molar-refractivity contribution in [2.45, 2.75) is 36.1 Å². The first-order valence-electron chi connectivity index (χ1n) is 6.18. The molecule has 19 heavy (non-hydrogen) atoms. The Morgan fingerprint density at radius 1 is 1.37 bits per heavy atom. The average Bonchev–Trinajstić information content (AvgIpc) is 2.26. The zero-order valence-corrected chi connectivity index (χ0v) is 11.7. The van der Waals surface area contributed by atoms with E-state index in [4.69, 9.17) is 5.73 Å². The van der Waals surface area contributed by atoms with Crippen LogP contribution in [0.2, 0.25) is 0 Å². The van der Waals surface area contributed by atoms with Gasteiger partial charge in [-0.05, 0) is 31.4 Å². The van der Waals surface area contributed by atoms with Gasteiger partial charge in [-0.2, -0.15) is 0 Å². The van der Waals surface area contributed by atoms with E-state index in [0.717, 1.165) is 25.5 Å². The molecule has 1 aliphatic carbocycles. The van der Waals surface area contributed by atoms with Crippen molar-refractivity contribution in [1.82, 2.24) is 0 Å². The third-order valence-corrected chi connectivity index (χ3v) is 4.58. The van der Waals surface area contributed by atoms with Crippen molar-refractivity contribution < 1.29 is 13.2 Å². The second-order valence-corrected chi connectivity index (χ2v) is 7.19. The molecule has 0 aromatic heterocycles. The molecule has 1 aromatic rings. The van der Waals surface area contributed by atoms with Crippen LogP contribution in [0.25, 0.3) is 0 Å². The van der Waals surface area contributed by atoms with Gasteiger partial charge in [0, 0.05) is 18.2 Å². The number of hydrogen-bond acceptors (Lipinski definition) is 4. The van der Waals surface area contributed by atoms with Gasteiger partial charge in [-0.15, -0.1) is 0 Å². The monoisotopic (exact) mass is 282 g/mol. The fourth-order valence-electron chi connectivity index (χ4n) is 2.22. The summed E-state index contributed by atoms with van der Waals surface area (Å²) < 4.78 is 23.2. The number of para-hydroxylation sites is 1. The van der Waals surface area contributed by atoms with Crippen LogP contribution in [0.1, 0.15) is 25.7 Å². The van der Waals surface area contributed by atoms with Crippen LogP contribution in [-0.4, -0.2) is 26.1 Å². The van der Waals surface area contributed by atoms with Gasteiger partial charge in [0.05, 0.1) is 10.6 Å². The summed E-state index contributed by atoms with van der Waals surface area (Å²) in [7, 11) is -3.36. The molecule has 104 valence electrons. The summed E-state index contributed by atoms with van der Waals surface area (Å²) >= 11 is 0. The van der Waals surface area contributed by atoms with Gasteiger partial charge in [0.15, 0.2) is 9.84 Å². The van der Waals surface area contributed by atoms with Crippen molar-refractivity contribution >= 4 is 21.4 Å². The lowest BCUT2D eigenvalue weighted by atomic mass is 9.75. The van der Waals surface area contributed by atoms with Crippen LogP contribution in [0.5, 0.6) is 0 Å². The van der Waals surface area contributed by atoms with E-state index < -0.39 is 15.4 Å². The molecule has 0 saturated heterocycles. The maximum atomic E-state index is 11.9. The predicted molar refractivity (Wildman–Crippen MR) is 73.6 cm³/mol. The van der Waals surface area contributed by atoms with Crippen molar-refractivity contribution in [2.75, 3.05) is 11.6 Å². The molecule has 0 unspecified atom stereocenters. The van der Waals surface area contributed by atoms with Gasteiger partial charge in [-0.25, -0.2) is 8.42 Å². The van der Waals surface area contributed by atoms with E-state index in [1.165, 1.54) is 6.07 Å². The molecule has 0 heterocycles. The second-order valence-electron chi connectivity index (χ2n) is 5.21. The van der Waals surface area contributed by atoms with Crippen molar-refractivity contribution in [2.24, 2.45) is 5.73 Å². The molecule has 1 amide bonds. The summed E-state index contributed by atoms with van der Waals surface area (Å²) in [5.41, 5.74) is 5.91. The molecule has 3 N–H and O–H groups in total. The van der Waals surface area contributed by atoms with Crippen LogP contribution >= 0.6 is 0 Å². The lowest BCUT2D eigenvalue weighted by Crippen LogP contribution is -2.49. The Bertz CT molecular complexity index is 592. The van der Waals surface area contributed by atoms with Crippen LogP contribution in [0, 0.1) is 0 Å².